The lowest BCUT2D eigenvalue weighted by molar-refractivity contribution is 0.450. The van der Waals surface area contributed by atoms with E-state index in [2.05, 4.69) is 15.9 Å². The van der Waals surface area contributed by atoms with Gasteiger partial charge in [0, 0.05) is 12.0 Å². The maximum atomic E-state index is 6.05. The number of halogens is 1. The van der Waals surface area contributed by atoms with Crippen molar-refractivity contribution in [1.29, 1.82) is 0 Å². The van der Waals surface area contributed by atoms with Crippen LogP contribution in [-0.4, -0.2) is 0 Å². The number of hydrogen-bond acceptors (Lipinski definition) is 3. The summed E-state index contributed by atoms with van der Waals surface area (Å²) in [7, 11) is 0. The van der Waals surface area contributed by atoms with Crippen LogP contribution in [0.2, 0.25) is 0 Å². The van der Waals surface area contributed by atoms with Crippen molar-refractivity contribution < 1.29 is 8.83 Å². The topological polar surface area (TPSA) is 52.3 Å². The summed E-state index contributed by atoms with van der Waals surface area (Å²) in [5, 5.41) is 0. The van der Waals surface area contributed by atoms with Crippen LogP contribution in [-0.2, 0) is 6.42 Å². The highest BCUT2D eigenvalue weighted by Crippen LogP contribution is 2.28. The molecule has 2 rings (SSSR count). The second kappa shape index (κ2) is 4.24. The largest absolute Gasteiger partial charge is 0.464 e. The lowest BCUT2D eigenvalue weighted by Gasteiger charge is -2.06. The van der Waals surface area contributed by atoms with Crippen molar-refractivity contribution in [3.05, 3.63) is 46.2 Å². The summed E-state index contributed by atoms with van der Waals surface area (Å²) in [5.74, 6) is 1.70. The van der Waals surface area contributed by atoms with Crippen molar-refractivity contribution in [3.63, 3.8) is 0 Å². The summed E-state index contributed by atoms with van der Waals surface area (Å²) in [6.07, 6.45) is 2.47. The highest BCUT2D eigenvalue weighted by Gasteiger charge is 2.17. The van der Waals surface area contributed by atoms with Crippen LogP contribution in [0.1, 0.15) is 30.0 Å². The van der Waals surface area contributed by atoms with Crippen LogP contribution in [0, 0.1) is 0 Å². The van der Waals surface area contributed by atoms with E-state index in [0.717, 1.165) is 23.5 Å². The van der Waals surface area contributed by atoms with Gasteiger partial charge >= 0.3 is 0 Å². The Labute approximate surface area is 96.4 Å². The summed E-state index contributed by atoms with van der Waals surface area (Å²) < 4.78 is 11.4. The Morgan fingerprint density at radius 2 is 2.20 bits per heavy atom. The Kier molecular flexibility index (Phi) is 2.98. The molecule has 2 aromatic heterocycles. The Balaban J connectivity index is 2.28. The smallest absolute Gasteiger partial charge is 0.174 e. The highest BCUT2D eigenvalue weighted by molar-refractivity contribution is 9.10. The molecule has 0 aromatic carbocycles. The number of aryl methyl sites for hydroxylation is 1. The van der Waals surface area contributed by atoms with Crippen LogP contribution in [0.5, 0.6) is 0 Å². The minimum absolute atomic E-state index is 0.279. The molecule has 0 spiro atoms. The fourth-order valence-electron chi connectivity index (χ4n) is 1.43. The van der Waals surface area contributed by atoms with Crippen LogP contribution < -0.4 is 5.73 Å². The zero-order valence-corrected chi connectivity index (χ0v) is 9.95. The molecule has 1 atom stereocenters. The summed E-state index contributed by atoms with van der Waals surface area (Å²) in [6, 6.07) is 5.41. The van der Waals surface area contributed by atoms with E-state index in [1.807, 2.05) is 25.1 Å². The van der Waals surface area contributed by atoms with Gasteiger partial charge in [0.1, 0.15) is 11.5 Å². The van der Waals surface area contributed by atoms with Crippen molar-refractivity contribution in [2.75, 3.05) is 0 Å². The molecule has 0 aliphatic rings. The molecule has 80 valence electrons. The van der Waals surface area contributed by atoms with Crippen molar-refractivity contribution in [2.24, 2.45) is 5.73 Å². The van der Waals surface area contributed by atoms with E-state index in [4.69, 9.17) is 14.6 Å². The van der Waals surface area contributed by atoms with Gasteiger partial charge in [0.2, 0.25) is 0 Å². The molecule has 0 aliphatic heterocycles. The van der Waals surface area contributed by atoms with E-state index in [0.29, 0.717) is 4.67 Å². The van der Waals surface area contributed by atoms with Gasteiger partial charge in [-0.05, 0) is 34.1 Å². The number of nitrogens with two attached hydrogens (primary N) is 1. The van der Waals surface area contributed by atoms with E-state index in [1.165, 1.54) is 0 Å². The Hall–Kier alpha value is -1.00. The van der Waals surface area contributed by atoms with Gasteiger partial charge in [-0.1, -0.05) is 6.92 Å². The average molecular weight is 270 g/mol. The minimum atomic E-state index is -0.279. The second-order valence-corrected chi connectivity index (χ2v) is 4.01. The maximum Gasteiger partial charge on any atom is 0.174 e. The molecule has 2 N–H and O–H groups in total. The predicted octanol–water partition coefficient (Wildman–Crippen LogP) is 3.25. The van der Waals surface area contributed by atoms with E-state index in [1.54, 1.807) is 6.26 Å². The molecule has 1 unspecified atom stereocenters. The van der Waals surface area contributed by atoms with E-state index in [-0.39, 0.29) is 6.04 Å². The predicted molar refractivity (Wildman–Crippen MR) is 60.5 cm³/mol. The van der Waals surface area contributed by atoms with E-state index >= 15 is 0 Å². The Bertz CT molecular complexity index is 447. The molecular formula is C11H12BrNO2. The third kappa shape index (κ3) is 2.01. The van der Waals surface area contributed by atoms with Gasteiger partial charge in [-0.15, -0.1) is 0 Å². The quantitative estimate of drug-likeness (QED) is 0.931. The summed E-state index contributed by atoms with van der Waals surface area (Å²) >= 11 is 3.30. The Morgan fingerprint density at radius 3 is 2.73 bits per heavy atom. The third-order valence-electron chi connectivity index (χ3n) is 2.32. The van der Waals surface area contributed by atoms with Gasteiger partial charge in [0.05, 0.1) is 12.3 Å². The molecule has 4 heteroatoms. The molecule has 0 saturated carbocycles. The molecule has 0 aliphatic carbocycles. The van der Waals surface area contributed by atoms with Gasteiger partial charge in [0.25, 0.3) is 0 Å². The Morgan fingerprint density at radius 1 is 1.40 bits per heavy atom. The first kappa shape index (κ1) is 10.5. The second-order valence-electron chi connectivity index (χ2n) is 3.28. The van der Waals surface area contributed by atoms with Gasteiger partial charge in [-0.2, -0.15) is 0 Å². The molecule has 3 nitrogen and oxygen atoms in total. The number of furan rings is 2. The molecule has 0 radical (unpaired) electrons. The van der Waals surface area contributed by atoms with E-state index in [9.17, 15) is 0 Å². The monoisotopic (exact) mass is 269 g/mol. The molecule has 0 fully saturated rings. The molecule has 0 saturated heterocycles. The molecule has 2 aromatic rings. The first-order valence-corrected chi connectivity index (χ1v) is 5.58. The van der Waals surface area contributed by atoms with Crippen LogP contribution >= 0.6 is 15.9 Å². The summed E-state index contributed by atoms with van der Waals surface area (Å²) in [4.78, 5) is 0. The molecule has 0 amide bonds. The van der Waals surface area contributed by atoms with Crippen LogP contribution in [0.15, 0.2) is 38.0 Å². The van der Waals surface area contributed by atoms with Crippen molar-refractivity contribution in [1.82, 2.24) is 0 Å². The lowest BCUT2D eigenvalue weighted by atomic mass is 10.1. The van der Waals surface area contributed by atoms with Crippen LogP contribution in [0.4, 0.5) is 0 Å². The molecule has 15 heavy (non-hydrogen) atoms. The van der Waals surface area contributed by atoms with E-state index < -0.39 is 0 Å². The third-order valence-corrected chi connectivity index (χ3v) is 2.96. The van der Waals surface area contributed by atoms with Crippen molar-refractivity contribution in [2.45, 2.75) is 19.4 Å². The van der Waals surface area contributed by atoms with Crippen molar-refractivity contribution >= 4 is 15.9 Å². The first-order chi connectivity index (χ1) is 7.22. The highest BCUT2D eigenvalue weighted by atomic mass is 79.9. The standard InChI is InChI=1S/C11H12BrNO2/c1-2-7-3-4-9(15-7)10(13)8-5-6-14-11(8)12/h3-6,10H,2,13H2,1H3. The van der Waals surface area contributed by atoms with Gasteiger partial charge in [-0.25, -0.2) is 0 Å². The zero-order valence-electron chi connectivity index (χ0n) is 8.37. The summed E-state index contributed by atoms with van der Waals surface area (Å²) in [5.41, 5.74) is 6.94. The fourth-order valence-corrected chi connectivity index (χ4v) is 1.92. The number of hydrogen-bond donors (Lipinski definition) is 1. The first-order valence-electron chi connectivity index (χ1n) is 4.79. The van der Waals surface area contributed by atoms with Crippen molar-refractivity contribution in [3.8, 4) is 0 Å². The minimum Gasteiger partial charge on any atom is -0.464 e. The van der Waals surface area contributed by atoms with Crippen LogP contribution in [0.25, 0.3) is 0 Å². The fraction of sp³-hybridized carbons (Fsp3) is 0.273. The SMILES string of the molecule is CCc1ccc(C(N)c2ccoc2Br)o1. The maximum absolute atomic E-state index is 6.05. The normalized spacial score (nSPS) is 13.0. The molecule has 0 bridgehead atoms. The number of rotatable bonds is 3. The lowest BCUT2D eigenvalue weighted by Crippen LogP contribution is -2.10. The molecule has 2 heterocycles. The molecular weight excluding hydrogens is 258 g/mol. The van der Waals surface area contributed by atoms with Gasteiger partial charge in [-0.3, -0.25) is 0 Å². The average Bonchev–Trinajstić information content (AvgIpc) is 2.84. The van der Waals surface area contributed by atoms with Gasteiger partial charge < -0.3 is 14.6 Å². The summed E-state index contributed by atoms with van der Waals surface area (Å²) in [6.45, 7) is 2.04. The van der Waals surface area contributed by atoms with Gasteiger partial charge in [0.15, 0.2) is 4.67 Å². The zero-order chi connectivity index (χ0) is 10.8. The van der Waals surface area contributed by atoms with Crippen LogP contribution in [0.3, 0.4) is 0 Å².